The van der Waals surface area contributed by atoms with Crippen LogP contribution in [0, 0.1) is 5.92 Å². The van der Waals surface area contributed by atoms with Gasteiger partial charge in [-0.3, -0.25) is 9.59 Å². The second kappa shape index (κ2) is 9.52. The minimum atomic E-state index is -0.272. The van der Waals surface area contributed by atoms with Gasteiger partial charge in [0.2, 0.25) is 5.91 Å². The summed E-state index contributed by atoms with van der Waals surface area (Å²) in [5.41, 5.74) is 0.516. The van der Waals surface area contributed by atoms with E-state index in [1.165, 1.54) is 0 Å². The molecule has 0 heterocycles. The Balaban J connectivity index is 2.20. The molecular formula is C15H21BrN2O3. The molecule has 1 rings (SSSR count). The van der Waals surface area contributed by atoms with Gasteiger partial charge in [0, 0.05) is 23.2 Å². The lowest BCUT2D eigenvalue weighted by Crippen LogP contribution is -2.37. The molecule has 1 atom stereocenters. The fourth-order valence-electron chi connectivity index (χ4n) is 1.70. The molecule has 6 heteroatoms. The largest absolute Gasteiger partial charge is 0.396 e. The fourth-order valence-corrected chi connectivity index (χ4v) is 1.96. The number of carbonyl (C=O) groups excluding carboxylic acids is 2. The molecule has 0 aromatic heterocycles. The molecule has 0 radical (unpaired) electrons. The molecule has 0 aliphatic rings. The number of hydrogen-bond acceptors (Lipinski definition) is 3. The van der Waals surface area contributed by atoms with E-state index in [2.05, 4.69) is 26.6 Å². The monoisotopic (exact) mass is 356 g/mol. The first-order chi connectivity index (χ1) is 10.0. The van der Waals surface area contributed by atoms with Gasteiger partial charge >= 0.3 is 0 Å². The summed E-state index contributed by atoms with van der Waals surface area (Å²) in [6.07, 6.45) is 1.68. The molecule has 0 saturated heterocycles. The molecule has 116 valence electrons. The number of hydrogen-bond donors (Lipinski definition) is 3. The van der Waals surface area contributed by atoms with Crippen molar-refractivity contribution in [2.75, 3.05) is 19.7 Å². The number of carbonyl (C=O) groups is 2. The summed E-state index contributed by atoms with van der Waals surface area (Å²) >= 11 is 3.30. The third kappa shape index (κ3) is 7.24. The first kappa shape index (κ1) is 17.7. The van der Waals surface area contributed by atoms with Crippen LogP contribution in [-0.2, 0) is 4.79 Å². The van der Waals surface area contributed by atoms with Gasteiger partial charge in [-0.25, -0.2) is 0 Å². The average Bonchev–Trinajstić information content (AvgIpc) is 2.49. The van der Waals surface area contributed by atoms with Gasteiger partial charge in [0.15, 0.2) is 0 Å². The van der Waals surface area contributed by atoms with Crippen LogP contribution in [-0.4, -0.2) is 36.6 Å². The Morgan fingerprint density at radius 3 is 2.52 bits per heavy atom. The Morgan fingerprint density at radius 1 is 1.24 bits per heavy atom. The maximum atomic E-state index is 11.8. The summed E-state index contributed by atoms with van der Waals surface area (Å²) in [4.78, 5) is 23.3. The summed E-state index contributed by atoms with van der Waals surface area (Å²) in [6, 6.07) is 6.93. The highest BCUT2D eigenvalue weighted by Crippen LogP contribution is 2.10. The van der Waals surface area contributed by atoms with Crippen molar-refractivity contribution in [2.45, 2.75) is 19.8 Å². The maximum absolute atomic E-state index is 11.8. The fraction of sp³-hybridized carbons (Fsp3) is 0.467. The Morgan fingerprint density at radius 2 is 1.90 bits per heavy atom. The van der Waals surface area contributed by atoms with Crippen LogP contribution in [0.1, 0.15) is 30.1 Å². The van der Waals surface area contributed by atoms with Crippen LogP contribution in [0.2, 0.25) is 0 Å². The Labute approximate surface area is 133 Å². The van der Waals surface area contributed by atoms with Crippen molar-refractivity contribution < 1.29 is 14.7 Å². The molecule has 0 fully saturated rings. The van der Waals surface area contributed by atoms with Crippen molar-refractivity contribution >= 4 is 27.7 Å². The molecule has 2 amide bonds. The van der Waals surface area contributed by atoms with Gasteiger partial charge in [0.25, 0.3) is 5.91 Å². The van der Waals surface area contributed by atoms with Crippen molar-refractivity contribution in [3.05, 3.63) is 34.3 Å². The molecule has 1 aromatic rings. The zero-order valence-corrected chi connectivity index (χ0v) is 13.6. The van der Waals surface area contributed by atoms with Gasteiger partial charge < -0.3 is 15.7 Å². The normalized spacial score (nSPS) is 11.8. The highest BCUT2D eigenvalue weighted by atomic mass is 79.9. The van der Waals surface area contributed by atoms with Crippen LogP contribution in [0.5, 0.6) is 0 Å². The van der Waals surface area contributed by atoms with Gasteiger partial charge in [-0.1, -0.05) is 22.9 Å². The second-order valence-electron chi connectivity index (χ2n) is 4.97. The van der Waals surface area contributed by atoms with Crippen LogP contribution >= 0.6 is 15.9 Å². The summed E-state index contributed by atoms with van der Waals surface area (Å²) in [7, 11) is 0. The lowest BCUT2D eigenvalue weighted by atomic mass is 10.1. The zero-order valence-electron chi connectivity index (χ0n) is 12.1. The standard InChI is InChI=1S/C15H21BrN2O3/c1-11(10-19)3-2-8-17-14(20)9-18-15(21)12-4-6-13(16)7-5-12/h4-7,11,19H,2-3,8-10H2,1H3,(H,17,20)(H,18,21). The third-order valence-electron chi connectivity index (χ3n) is 3.02. The summed E-state index contributed by atoms with van der Waals surface area (Å²) in [5, 5.41) is 14.2. The van der Waals surface area contributed by atoms with Crippen molar-refractivity contribution in [1.29, 1.82) is 0 Å². The van der Waals surface area contributed by atoms with Gasteiger partial charge in [0.1, 0.15) is 0 Å². The Kier molecular flexibility index (Phi) is 8.00. The van der Waals surface area contributed by atoms with E-state index in [1.54, 1.807) is 24.3 Å². The minimum absolute atomic E-state index is 0.0373. The van der Waals surface area contributed by atoms with Crippen molar-refractivity contribution in [1.82, 2.24) is 10.6 Å². The van der Waals surface area contributed by atoms with Crippen LogP contribution in [0.15, 0.2) is 28.7 Å². The first-order valence-corrected chi connectivity index (χ1v) is 7.73. The molecule has 5 nitrogen and oxygen atoms in total. The number of rotatable bonds is 8. The topological polar surface area (TPSA) is 78.4 Å². The van der Waals surface area contributed by atoms with Crippen LogP contribution < -0.4 is 10.6 Å². The quantitative estimate of drug-likeness (QED) is 0.620. The summed E-state index contributed by atoms with van der Waals surface area (Å²) < 4.78 is 0.897. The van der Waals surface area contributed by atoms with Gasteiger partial charge in [0.05, 0.1) is 6.54 Å². The number of nitrogens with one attached hydrogen (secondary N) is 2. The molecule has 1 unspecified atom stereocenters. The Hall–Kier alpha value is -1.40. The van der Waals surface area contributed by atoms with E-state index < -0.39 is 0 Å². The highest BCUT2D eigenvalue weighted by Gasteiger charge is 2.07. The first-order valence-electron chi connectivity index (χ1n) is 6.94. The van der Waals surface area contributed by atoms with E-state index >= 15 is 0 Å². The van der Waals surface area contributed by atoms with Crippen molar-refractivity contribution in [3.63, 3.8) is 0 Å². The molecule has 0 saturated carbocycles. The number of aliphatic hydroxyl groups is 1. The lowest BCUT2D eigenvalue weighted by Gasteiger charge is -2.09. The molecule has 21 heavy (non-hydrogen) atoms. The highest BCUT2D eigenvalue weighted by molar-refractivity contribution is 9.10. The molecular weight excluding hydrogens is 336 g/mol. The van der Waals surface area contributed by atoms with Crippen molar-refractivity contribution in [3.8, 4) is 0 Å². The minimum Gasteiger partial charge on any atom is -0.396 e. The zero-order chi connectivity index (χ0) is 15.7. The Bertz CT molecular complexity index is 462. The molecule has 0 spiro atoms. The van der Waals surface area contributed by atoms with Crippen molar-refractivity contribution in [2.24, 2.45) is 5.92 Å². The lowest BCUT2D eigenvalue weighted by molar-refractivity contribution is -0.120. The van der Waals surface area contributed by atoms with Crippen LogP contribution in [0.3, 0.4) is 0 Å². The second-order valence-corrected chi connectivity index (χ2v) is 5.89. The van der Waals surface area contributed by atoms with E-state index in [-0.39, 0.29) is 30.9 Å². The molecule has 0 bridgehead atoms. The smallest absolute Gasteiger partial charge is 0.251 e. The van der Waals surface area contributed by atoms with Gasteiger partial charge in [-0.05, 0) is 43.0 Å². The van der Waals surface area contributed by atoms with E-state index in [4.69, 9.17) is 5.11 Å². The predicted octanol–water partition coefficient (Wildman–Crippen LogP) is 1.70. The van der Waals surface area contributed by atoms with E-state index in [9.17, 15) is 9.59 Å². The number of halogens is 1. The van der Waals surface area contributed by atoms with E-state index in [0.717, 1.165) is 17.3 Å². The maximum Gasteiger partial charge on any atom is 0.251 e. The van der Waals surface area contributed by atoms with Crippen LogP contribution in [0.4, 0.5) is 0 Å². The molecule has 3 N–H and O–H groups in total. The SMILES string of the molecule is CC(CO)CCCNC(=O)CNC(=O)c1ccc(Br)cc1. The number of amides is 2. The van der Waals surface area contributed by atoms with E-state index in [0.29, 0.717) is 12.1 Å². The van der Waals surface area contributed by atoms with Crippen LogP contribution in [0.25, 0.3) is 0 Å². The third-order valence-corrected chi connectivity index (χ3v) is 3.55. The van der Waals surface area contributed by atoms with Gasteiger partial charge in [-0.2, -0.15) is 0 Å². The molecule has 0 aliphatic heterocycles. The summed E-state index contributed by atoms with van der Waals surface area (Å²) in [5.74, 6) is -0.234. The van der Waals surface area contributed by atoms with E-state index in [1.807, 2.05) is 6.92 Å². The molecule has 0 aliphatic carbocycles. The summed E-state index contributed by atoms with van der Waals surface area (Å²) in [6.45, 7) is 2.64. The number of aliphatic hydroxyl groups excluding tert-OH is 1. The van der Waals surface area contributed by atoms with Gasteiger partial charge in [-0.15, -0.1) is 0 Å². The predicted molar refractivity (Wildman–Crippen MR) is 85.0 cm³/mol. The molecule has 1 aromatic carbocycles. The number of benzene rings is 1. The average molecular weight is 357 g/mol.